The average molecular weight is 1350 g/mol. The van der Waals surface area contributed by atoms with Gasteiger partial charge in [-0.1, -0.05) is 182 Å². The average Bonchev–Trinajstić information content (AvgIpc) is 0.815. The first-order chi connectivity index (χ1) is 45.6. The molecule has 0 aliphatic carbocycles. The van der Waals surface area contributed by atoms with Crippen LogP contribution < -0.4 is 0 Å². The van der Waals surface area contributed by atoms with E-state index >= 15 is 0 Å². The minimum Gasteiger partial charge on any atom is -0.394 e. The summed E-state index contributed by atoms with van der Waals surface area (Å²) in [5.41, 5.74) is 22.3. The summed E-state index contributed by atoms with van der Waals surface area (Å²) in [6.07, 6.45) is 62.3. The maximum atomic E-state index is 12.5. The Bertz CT molecular complexity index is 2720. The lowest BCUT2D eigenvalue weighted by Gasteiger charge is -2.39. The molecule has 1 heterocycles. The number of allylic oxidation sites excluding steroid dienone is 30. The van der Waals surface area contributed by atoms with E-state index in [0.717, 1.165) is 167 Å². The van der Waals surface area contributed by atoms with Gasteiger partial charge in [0.15, 0.2) is 6.29 Å². The summed E-state index contributed by atoms with van der Waals surface area (Å²) in [4.78, 5) is 10.1. The maximum absolute atomic E-state index is 12.5. The van der Waals surface area contributed by atoms with Gasteiger partial charge in [-0.15, -0.1) is 0 Å². The van der Waals surface area contributed by atoms with Gasteiger partial charge in [-0.3, -0.25) is 9.05 Å². The van der Waals surface area contributed by atoms with Crippen molar-refractivity contribution in [1.29, 1.82) is 0 Å². The molecule has 1 aliphatic rings. The molecular weight excluding hydrogens is 1210 g/mol. The summed E-state index contributed by atoms with van der Waals surface area (Å²) < 4.78 is 27.6. The van der Waals surface area contributed by atoms with Crippen LogP contribution >= 0.6 is 7.82 Å². The Morgan fingerprint density at radius 1 is 0.344 bits per heavy atom. The second-order valence-corrected chi connectivity index (χ2v) is 30.5. The maximum Gasteiger partial charge on any atom is 0.474 e. The van der Waals surface area contributed by atoms with Crippen LogP contribution in [0, 0.1) is 5.92 Å². The van der Waals surface area contributed by atoms with Crippen molar-refractivity contribution in [1.82, 2.24) is 0 Å². The molecule has 0 saturated carbocycles. The standard InChI is InChI=1S/C86H143O9P/c1-66(2)33-18-34-67(3)35-19-36-68(4)37-20-38-69(5)39-21-40-70(6)41-22-42-71(7)43-23-44-72(8)45-24-46-73(9)47-25-48-74(10)49-26-50-75(11)51-27-52-76(12)53-28-54-77(13)55-29-56-78(14)57-30-58-79(15)59-31-60-80(16)61-32-62-81(17)63-64-93-96(91,92)95-86-85(90)84(89)83(88)82(65-87)94-86/h33,35,37,39,41,43,45,47,49,51,53,55,57,59,61,81-90H,18-32,34,36,38,40,42,44,46,48,50,52,54,56,58,60,62-65H2,1-17H3,(H,91,92)/b67-35+,68-37+,69-39+,70-41+,71-43+,72-45+,73-47+,74-49+,75-51+,76-53+,77-55+,78-57+,79-59+,80-61+/t81?,82-,83-,84+,85+,86+/m1/s1. The predicted molar refractivity (Wildman–Crippen MR) is 415 cm³/mol. The van der Waals surface area contributed by atoms with Crippen LogP contribution in [0.25, 0.3) is 0 Å². The van der Waals surface area contributed by atoms with Crippen LogP contribution in [0.3, 0.4) is 0 Å². The molecule has 9 nitrogen and oxygen atoms in total. The van der Waals surface area contributed by atoms with Gasteiger partial charge in [0.2, 0.25) is 0 Å². The van der Waals surface area contributed by atoms with E-state index in [0.29, 0.717) is 6.42 Å². The molecule has 546 valence electrons. The summed E-state index contributed by atoms with van der Waals surface area (Å²) in [6, 6.07) is 0. The fourth-order valence-electron chi connectivity index (χ4n) is 11.6. The van der Waals surface area contributed by atoms with E-state index in [2.05, 4.69) is 209 Å². The van der Waals surface area contributed by atoms with Crippen molar-refractivity contribution in [2.24, 2.45) is 5.92 Å². The first-order valence-electron chi connectivity index (χ1n) is 37.4. The molecule has 1 rings (SSSR count). The van der Waals surface area contributed by atoms with Gasteiger partial charge in [0.1, 0.15) is 24.4 Å². The van der Waals surface area contributed by atoms with Crippen molar-refractivity contribution in [2.75, 3.05) is 13.2 Å². The molecular formula is C86H143O9P. The highest BCUT2D eigenvalue weighted by atomic mass is 31.2. The van der Waals surface area contributed by atoms with Gasteiger partial charge in [0.05, 0.1) is 13.2 Å². The topological polar surface area (TPSA) is 146 Å². The minimum atomic E-state index is -4.64. The lowest BCUT2D eigenvalue weighted by atomic mass is 10.00. The zero-order chi connectivity index (χ0) is 71.7. The van der Waals surface area contributed by atoms with E-state index in [9.17, 15) is 29.9 Å². The number of hydrogen-bond donors (Lipinski definition) is 5. The zero-order valence-corrected chi connectivity index (χ0v) is 65.2. The Hall–Kier alpha value is -3.99. The molecule has 1 aliphatic heterocycles. The molecule has 0 amide bonds. The molecule has 96 heavy (non-hydrogen) atoms. The van der Waals surface area contributed by atoms with Gasteiger partial charge in [-0.05, 0) is 316 Å². The van der Waals surface area contributed by atoms with Crippen LogP contribution in [0.5, 0.6) is 0 Å². The van der Waals surface area contributed by atoms with Gasteiger partial charge in [-0.25, -0.2) is 4.57 Å². The molecule has 0 spiro atoms. The third-order valence-corrected chi connectivity index (χ3v) is 19.6. The summed E-state index contributed by atoms with van der Waals surface area (Å²) in [5.74, 6) is 0.226. The Labute approximate surface area is 589 Å². The molecule has 0 radical (unpaired) electrons. The van der Waals surface area contributed by atoms with Crippen LogP contribution in [-0.2, 0) is 18.3 Å². The van der Waals surface area contributed by atoms with Gasteiger partial charge < -0.3 is 30.1 Å². The fourth-order valence-corrected chi connectivity index (χ4v) is 12.4. The largest absolute Gasteiger partial charge is 0.474 e. The lowest BCUT2D eigenvalue weighted by molar-refractivity contribution is -0.281. The molecule has 2 unspecified atom stereocenters. The van der Waals surface area contributed by atoms with Gasteiger partial charge in [0.25, 0.3) is 0 Å². The second-order valence-electron chi connectivity index (χ2n) is 29.1. The quantitative estimate of drug-likeness (QED) is 0.0297. The monoisotopic (exact) mass is 1350 g/mol. The minimum absolute atomic E-state index is 0.0466. The third-order valence-electron chi connectivity index (χ3n) is 18.6. The predicted octanol–water partition coefficient (Wildman–Crippen LogP) is 24.9. The van der Waals surface area contributed by atoms with Crippen molar-refractivity contribution in [3.63, 3.8) is 0 Å². The smallest absolute Gasteiger partial charge is 0.394 e. The highest BCUT2D eigenvalue weighted by Gasteiger charge is 2.46. The van der Waals surface area contributed by atoms with Crippen molar-refractivity contribution in [3.8, 4) is 0 Å². The van der Waals surface area contributed by atoms with E-state index in [1.807, 2.05) is 0 Å². The highest BCUT2D eigenvalue weighted by molar-refractivity contribution is 7.47. The van der Waals surface area contributed by atoms with Gasteiger partial charge >= 0.3 is 7.82 Å². The number of phosphoric acid groups is 1. The van der Waals surface area contributed by atoms with E-state index in [1.165, 1.54) is 109 Å². The molecule has 1 fully saturated rings. The van der Waals surface area contributed by atoms with Crippen molar-refractivity contribution in [3.05, 3.63) is 175 Å². The van der Waals surface area contributed by atoms with Crippen LogP contribution in [0.4, 0.5) is 0 Å². The number of ether oxygens (including phenoxy) is 1. The van der Waals surface area contributed by atoms with Crippen molar-refractivity contribution in [2.45, 2.75) is 347 Å². The van der Waals surface area contributed by atoms with Crippen molar-refractivity contribution < 1.29 is 43.7 Å². The second kappa shape index (κ2) is 54.8. The van der Waals surface area contributed by atoms with Crippen LogP contribution in [0.15, 0.2) is 175 Å². The Morgan fingerprint density at radius 2 is 0.562 bits per heavy atom. The molecule has 0 aromatic rings. The van der Waals surface area contributed by atoms with Crippen LogP contribution in [-0.4, -0.2) is 69.2 Å². The Kier molecular flexibility index (Phi) is 51.4. The van der Waals surface area contributed by atoms with Crippen LogP contribution in [0.1, 0.15) is 317 Å². The number of aliphatic hydroxyl groups is 4. The number of phosphoric ester groups is 1. The molecule has 7 atom stereocenters. The number of aliphatic hydroxyl groups excluding tert-OH is 4. The van der Waals surface area contributed by atoms with E-state index < -0.39 is 45.1 Å². The molecule has 10 heteroatoms. The summed E-state index contributed by atoms with van der Waals surface area (Å²) >= 11 is 0. The molecule has 0 aromatic carbocycles. The lowest BCUT2D eigenvalue weighted by Crippen LogP contribution is -2.58. The zero-order valence-electron chi connectivity index (χ0n) is 64.3. The normalized spacial score (nSPS) is 20.4. The fraction of sp³-hybridized carbons (Fsp3) is 0.651. The van der Waals surface area contributed by atoms with Crippen molar-refractivity contribution >= 4 is 7.82 Å². The Balaban J connectivity index is 2.23. The number of rotatable bonds is 52. The van der Waals surface area contributed by atoms with Gasteiger partial charge in [-0.2, -0.15) is 0 Å². The summed E-state index contributed by atoms with van der Waals surface area (Å²) in [5, 5.41) is 39.3. The molecule has 0 bridgehead atoms. The Morgan fingerprint density at radius 3 is 0.781 bits per heavy atom. The summed E-state index contributed by atoms with van der Waals surface area (Å²) in [6.45, 7) is 37.6. The molecule has 5 N–H and O–H groups in total. The first kappa shape index (κ1) is 90.0. The van der Waals surface area contributed by atoms with Gasteiger partial charge in [0, 0.05) is 0 Å². The highest BCUT2D eigenvalue weighted by Crippen LogP contribution is 2.47. The molecule has 1 saturated heterocycles. The van der Waals surface area contributed by atoms with E-state index in [4.69, 9.17) is 13.8 Å². The first-order valence-corrected chi connectivity index (χ1v) is 38.9. The van der Waals surface area contributed by atoms with Crippen LogP contribution in [0.2, 0.25) is 0 Å². The SMILES string of the molecule is CC(C)=CCC/C(C)=C/CC/C(C)=C/CC/C(C)=C/CC/C(C)=C/CC/C(C)=C/CC/C(C)=C/CC/C(C)=C/CC/C(C)=C/CC/C(C)=C/CC/C(C)=C/CC/C(C)=C/CC/C(C)=C/CC/C(C)=C/CC/C(C)=C/CCC(C)CCOP(=O)(O)O[C@@H]1O[C@H](CO)[C@@H](O)[C@H](O)[C@@H]1O. The summed E-state index contributed by atoms with van der Waals surface area (Å²) in [7, 11) is -4.64. The third kappa shape index (κ3) is 49.5. The number of hydrogen-bond acceptors (Lipinski definition) is 8. The molecule has 0 aromatic heterocycles. The van der Waals surface area contributed by atoms with E-state index in [1.54, 1.807) is 0 Å². The van der Waals surface area contributed by atoms with E-state index in [-0.39, 0.29) is 12.5 Å².